The molecule has 0 fully saturated rings. The molecule has 0 aliphatic rings. The minimum absolute atomic E-state index is 0.00276. The smallest absolute Gasteiger partial charge is 0.325 e. The minimum Gasteiger partial charge on any atom is -0.379 e. The van der Waals surface area contributed by atoms with Gasteiger partial charge in [-0.3, -0.25) is 33.3 Å². The molecule has 0 aromatic heterocycles. The van der Waals surface area contributed by atoms with Gasteiger partial charge in [0.05, 0.1) is 137 Å². The highest BCUT2D eigenvalue weighted by atomic mass is 32.1. The molecule has 0 aromatic carbocycles. The van der Waals surface area contributed by atoms with Gasteiger partial charge in [-0.2, -0.15) is 12.6 Å². The number of carbonyl (C=O) groups excluding carboxylic acids is 6. The number of amides is 6. The van der Waals surface area contributed by atoms with E-state index >= 15 is 0 Å². The summed E-state index contributed by atoms with van der Waals surface area (Å²) < 4.78 is 54.9. The average molecular weight is 1020 g/mol. The molecule has 6 amide bonds. The predicted molar refractivity (Wildman–Crippen MR) is 254 cm³/mol. The van der Waals surface area contributed by atoms with Gasteiger partial charge in [-0.15, -0.1) is 0 Å². The molecule has 24 nitrogen and oxygen atoms in total. The van der Waals surface area contributed by atoms with Crippen LogP contribution >= 0.6 is 20.2 Å². The van der Waals surface area contributed by atoms with Crippen LogP contribution in [0, 0.1) is 11.8 Å². The number of hydrogen-bond donors (Lipinski definition) is 9. The van der Waals surface area contributed by atoms with Crippen molar-refractivity contribution >= 4 is 55.7 Å². The number of carbonyl (C=O) groups is 6. The van der Waals surface area contributed by atoms with Crippen molar-refractivity contribution in [2.75, 3.05) is 150 Å². The summed E-state index contributed by atoms with van der Waals surface area (Å²) in [7, 11) is -4.24. The lowest BCUT2D eigenvalue weighted by molar-refractivity contribution is -0.138. The Morgan fingerprint density at radius 3 is 1.54 bits per heavy atom. The Morgan fingerprint density at radius 2 is 1.10 bits per heavy atom. The highest BCUT2D eigenvalue weighted by Crippen LogP contribution is 2.36. The normalized spacial score (nSPS) is 13.3. The van der Waals surface area contributed by atoms with E-state index in [1.54, 1.807) is 6.92 Å². The molecule has 9 N–H and O–H groups in total. The van der Waals surface area contributed by atoms with Crippen LogP contribution in [-0.2, 0) is 71.2 Å². The Balaban J connectivity index is 4.06. The summed E-state index contributed by atoms with van der Waals surface area (Å²) in [4.78, 5) is 95.0. The van der Waals surface area contributed by atoms with E-state index in [9.17, 15) is 33.3 Å². The van der Waals surface area contributed by atoms with Crippen molar-refractivity contribution in [3.8, 4) is 0 Å². The lowest BCUT2D eigenvalue weighted by Crippen LogP contribution is -2.53. The van der Waals surface area contributed by atoms with Crippen LogP contribution in [0.4, 0.5) is 0 Å². The third-order valence-corrected chi connectivity index (χ3v) is 10.5. The van der Waals surface area contributed by atoms with Gasteiger partial charge in [0.2, 0.25) is 35.4 Å². The van der Waals surface area contributed by atoms with Crippen LogP contribution in [0.3, 0.4) is 0 Å². The molecule has 398 valence electrons. The summed E-state index contributed by atoms with van der Waals surface area (Å²) in [5.74, 6) is -3.15. The maximum absolute atomic E-state index is 13.1. The Bertz CT molecular complexity index is 1440. The Kier molecular flexibility index (Phi) is 39.9. The van der Waals surface area contributed by atoms with Crippen molar-refractivity contribution in [2.45, 2.75) is 72.0 Å². The molecule has 0 aliphatic carbocycles. The first kappa shape index (κ1) is 65.0. The predicted octanol–water partition coefficient (Wildman–Crippen LogP) is -1.80. The summed E-state index contributed by atoms with van der Waals surface area (Å²) in [5, 5.41) is 12.8. The van der Waals surface area contributed by atoms with Gasteiger partial charge < -0.3 is 84.9 Å². The summed E-state index contributed by atoms with van der Waals surface area (Å²) in [6.45, 7) is 14.5. The van der Waals surface area contributed by atoms with Crippen LogP contribution in [0.15, 0.2) is 0 Å². The average Bonchev–Trinajstić information content (AvgIpc) is 3.27. The molecule has 0 unspecified atom stereocenters. The van der Waals surface area contributed by atoms with E-state index in [1.165, 1.54) is 11.8 Å². The van der Waals surface area contributed by atoms with Crippen LogP contribution in [0.5, 0.6) is 0 Å². The minimum atomic E-state index is -4.24. The molecule has 0 saturated carbocycles. The maximum Gasteiger partial charge on any atom is 0.325 e. The summed E-state index contributed by atoms with van der Waals surface area (Å²) in [5.41, 5.74) is 5.56. The second-order valence-corrected chi connectivity index (χ2v) is 18.1. The van der Waals surface area contributed by atoms with Gasteiger partial charge in [-0.1, -0.05) is 27.7 Å². The van der Waals surface area contributed by atoms with Crippen molar-refractivity contribution < 1.29 is 81.0 Å². The zero-order valence-corrected chi connectivity index (χ0v) is 42.5. The molecular weight excluding hydrogens is 938 g/mol. The Labute approximate surface area is 407 Å². The van der Waals surface area contributed by atoms with Gasteiger partial charge in [0, 0.05) is 25.4 Å². The number of thiol groups is 1. The van der Waals surface area contributed by atoms with Gasteiger partial charge in [0.15, 0.2) is 0 Å². The van der Waals surface area contributed by atoms with Gasteiger partial charge in [0.25, 0.3) is 0 Å². The highest BCUT2D eigenvalue weighted by Gasteiger charge is 2.26. The van der Waals surface area contributed by atoms with Gasteiger partial charge in [-0.25, -0.2) is 0 Å². The van der Waals surface area contributed by atoms with Crippen molar-refractivity contribution in [3.05, 3.63) is 0 Å². The van der Waals surface area contributed by atoms with Crippen molar-refractivity contribution in [2.24, 2.45) is 17.6 Å². The molecule has 0 heterocycles. The topological polar surface area (TPSA) is 323 Å². The molecule has 0 rings (SSSR count). The Morgan fingerprint density at radius 1 is 0.632 bits per heavy atom. The van der Waals surface area contributed by atoms with E-state index in [1.807, 2.05) is 20.8 Å². The van der Waals surface area contributed by atoms with Gasteiger partial charge in [0.1, 0.15) is 12.1 Å². The van der Waals surface area contributed by atoms with Crippen LogP contribution < -0.4 is 32.3 Å². The molecule has 68 heavy (non-hydrogen) atoms. The largest absolute Gasteiger partial charge is 0.379 e. The lowest BCUT2D eigenvalue weighted by atomic mass is 10.0. The number of nitrogens with two attached hydrogens (primary N) is 1. The molecule has 26 heteroatoms. The standard InChI is InChI=1S/C42H82N7O17PS/c1-6-9-49(29-38(51)48-36(26-32(2)3)42(55)46-28-37(50)47-34(5)40(53)45-27-33(4)30-67(56,57)58)39(52)7-10-59-12-14-61-16-18-63-20-22-65-24-25-66-23-21-64-19-17-62-15-13-60-11-8-44-41(54)35(43)31-68/h32-36,68H,6-31,43H2,1-5H3,(H,44,54)(H,45,53)(H,46,55)(H,47,50)(H,48,51)(H2,56,57,58)/t33-,34+,35+,36+/m1/s1. The van der Waals surface area contributed by atoms with Gasteiger partial charge in [-0.05, 0) is 31.6 Å². The maximum atomic E-state index is 13.1. The number of rotatable bonds is 45. The summed E-state index contributed by atoms with van der Waals surface area (Å²) in [6.07, 6.45) is 0.495. The fourth-order valence-corrected chi connectivity index (χ4v) is 6.75. The first-order valence-electron chi connectivity index (χ1n) is 23.1. The third kappa shape index (κ3) is 38.8. The number of nitrogens with one attached hydrogen (secondary N) is 5. The quantitative estimate of drug-likeness (QED) is 0.0185. The van der Waals surface area contributed by atoms with Crippen molar-refractivity contribution in [1.29, 1.82) is 0 Å². The second kappa shape index (κ2) is 41.7. The van der Waals surface area contributed by atoms with Crippen LogP contribution in [0.1, 0.15) is 53.9 Å². The molecule has 0 aliphatic heterocycles. The third-order valence-electron chi connectivity index (χ3n) is 9.05. The number of ether oxygens (including phenoxy) is 8. The van der Waals surface area contributed by atoms with Crippen LogP contribution in [-0.4, -0.2) is 219 Å². The second-order valence-electron chi connectivity index (χ2n) is 16.0. The van der Waals surface area contributed by atoms with E-state index in [4.69, 9.17) is 53.4 Å². The van der Waals surface area contributed by atoms with E-state index in [-0.39, 0.29) is 62.6 Å². The molecule has 0 bridgehead atoms. The van der Waals surface area contributed by atoms with Gasteiger partial charge >= 0.3 is 7.60 Å². The SMILES string of the molecule is CCCN(CC(=O)N[C@@H](CC(C)C)C(=O)NCC(=O)N[C@@H](C)C(=O)NC[C@@H](C)CP(=O)(O)O)C(=O)CCOCCOCCOCCOCCOCCOCCOCCOCCNC(=O)[C@@H](N)CS. The zero-order chi connectivity index (χ0) is 51.0. The van der Waals surface area contributed by atoms with Crippen LogP contribution in [0.2, 0.25) is 0 Å². The number of hydrogen-bond acceptors (Lipinski definition) is 17. The Hall–Kier alpha value is -3.04. The summed E-state index contributed by atoms with van der Waals surface area (Å²) >= 11 is 3.98. The number of nitrogens with zero attached hydrogens (tertiary/aromatic N) is 1. The van der Waals surface area contributed by atoms with E-state index in [0.717, 1.165) is 0 Å². The molecule has 0 aromatic rings. The highest BCUT2D eigenvalue weighted by molar-refractivity contribution is 7.80. The molecule has 4 atom stereocenters. The first-order valence-corrected chi connectivity index (χ1v) is 25.6. The first-order chi connectivity index (χ1) is 32.4. The fraction of sp³-hybridized carbons (Fsp3) is 0.857. The summed E-state index contributed by atoms with van der Waals surface area (Å²) in [6, 6.07) is -2.60. The molecule has 0 spiro atoms. The fourth-order valence-electron chi connectivity index (χ4n) is 5.64. The van der Waals surface area contributed by atoms with Crippen molar-refractivity contribution in [3.63, 3.8) is 0 Å². The lowest BCUT2D eigenvalue weighted by Gasteiger charge is -2.25. The van der Waals surface area contributed by atoms with E-state index in [2.05, 4.69) is 39.2 Å². The van der Waals surface area contributed by atoms with Crippen molar-refractivity contribution in [1.82, 2.24) is 31.5 Å². The molecule has 0 saturated heterocycles. The molecule has 0 radical (unpaired) electrons. The monoisotopic (exact) mass is 1020 g/mol. The van der Waals surface area contributed by atoms with E-state index in [0.29, 0.717) is 112 Å². The molecular formula is C42H82N7O17PS. The van der Waals surface area contributed by atoms with E-state index < -0.39 is 68.0 Å². The van der Waals surface area contributed by atoms with Crippen LogP contribution in [0.25, 0.3) is 0 Å². The zero-order valence-electron chi connectivity index (χ0n) is 40.7.